The molecular weight excluding hydrogens is 308 g/mol. The van der Waals surface area contributed by atoms with Crippen LogP contribution in [0.2, 0.25) is 0 Å². The van der Waals surface area contributed by atoms with Gasteiger partial charge in [0.25, 0.3) is 0 Å². The highest BCUT2D eigenvalue weighted by atomic mass is 35.5. The Hall–Kier alpha value is -0.620. The topological polar surface area (TPSA) is 50.4 Å². The zero-order valence-corrected chi connectivity index (χ0v) is 14.4. The van der Waals surface area contributed by atoms with Crippen LogP contribution in [0.5, 0.6) is 0 Å². The molecule has 2 heterocycles. The fraction of sp³-hybridized carbons (Fsp3) is 0.667. The Balaban J connectivity index is 0.00000220. The molecule has 1 saturated heterocycles. The molecule has 0 spiro atoms. The van der Waals surface area contributed by atoms with E-state index in [1.165, 1.54) is 9.75 Å². The van der Waals surface area contributed by atoms with E-state index in [0.29, 0.717) is 13.2 Å². The van der Waals surface area contributed by atoms with Gasteiger partial charge in [0.15, 0.2) is 0 Å². The number of carbonyl (C=O) groups is 1. The van der Waals surface area contributed by atoms with E-state index in [0.717, 1.165) is 32.4 Å². The molecule has 1 fully saturated rings. The van der Waals surface area contributed by atoms with Crippen molar-refractivity contribution in [3.8, 4) is 0 Å². The third-order valence-corrected chi connectivity index (χ3v) is 5.18. The Morgan fingerprint density at radius 3 is 2.62 bits per heavy atom. The molecule has 4 nitrogen and oxygen atoms in total. The fourth-order valence-electron chi connectivity index (χ4n) is 2.68. The molecule has 1 aromatic heterocycles. The Bertz CT molecular complexity index is 439. The van der Waals surface area contributed by atoms with E-state index in [1.807, 2.05) is 0 Å². The van der Waals surface area contributed by atoms with Gasteiger partial charge in [-0.15, -0.1) is 23.7 Å². The average Bonchev–Trinajstić information content (AvgIpc) is 2.94. The molecule has 0 saturated carbocycles. The van der Waals surface area contributed by atoms with Crippen molar-refractivity contribution in [3.05, 3.63) is 21.9 Å². The van der Waals surface area contributed by atoms with Crippen molar-refractivity contribution < 1.29 is 9.53 Å². The van der Waals surface area contributed by atoms with Gasteiger partial charge in [-0.3, -0.25) is 4.79 Å². The Morgan fingerprint density at radius 2 is 2.05 bits per heavy atom. The summed E-state index contributed by atoms with van der Waals surface area (Å²) in [6, 6.07) is 4.25. The first kappa shape index (κ1) is 18.4. The number of hydrogen-bond acceptors (Lipinski definition) is 4. The van der Waals surface area contributed by atoms with Crippen molar-refractivity contribution in [2.45, 2.75) is 32.7 Å². The van der Waals surface area contributed by atoms with E-state index >= 15 is 0 Å². The highest BCUT2D eigenvalue weighted by Crippen LogP contribution is 2.29. The van der Waals surface area contributed by atoms with Crippen molar-refractivity contribution in [2.24, 2.45) is 5.41 Å². The van der Waals surface area contributed by atoms with E-state index in [1.54, 1.807) is 18.4 Å². The van der Waals surface area contributed by atoms with Gasteiger partial charge in [-0.2, -0.15) is 0 Å². The molecule has 0 unspecified atom stereocenters. The maximum Gasteiger partial charge on any atom is 0.228 e. The smallest absolute Gasteiger partial charge is 0.228 e. The van der Waals surface area contributed by atoms with Gasteiger partial charge in [-0.1, -0.05) is 6.92 Å². The first-order chi connectivity index (χ1) is 9.70. The van der Waals surface area contributed by atoms with Crippen LogP contribution in [0.15, 0.2) is 12.1 Å². The fourth-order valence-corrected chi connectivity index (χ4v) is 3.58. The molecule has 6 heteroatoms. The van der Waals surface area contributed by atoms with Gasteiger partial charge in [0.1, 0.15) is 0 Å². The Kier molecular flexibility index (Phi) is 7.66. The lowest BCUT2D eigenvalue weighted by Crippen LogP contribution is -2.49. The SMILES string of the molecule is CCc1ccc(CNC(=O)C2(COC)CCNCC2)s1.Cl. The minimum Gasteiger partial charge on any atom is -0.384 e. The van der Waals surface area contributed by atoms with Crippen LogP contribution < -0.4 is 10.6 Å². The van der Waals surface area contributed by atoms with E-state index in [4.69, 9.17) is 4.74 Å². The zero-order chi connectivity index (χ0) is 14.4. The highest BCUT2D eigenvalue weighted by Gasteiger charge is 2.39. The molecule has 0 atom stereocenters. The van der Waals surface area contributed by atoms with Gasteiger partial charge >= 0.3 is 0 Å². The molecule has 0 radical (unpaired) electrons. The highest BCUT2D eigenvalue weighted by molar-refractivity contribution is 7.11. The number of amides is 1. The van der Waals surface area contributed by atoms with Gasteiger partial charge in [0.2, 0.25) is 5.91 Å². The third kappa shape index (κ3) is 4.68. The average molecular weight is 333 g/mol. The Morgan fingerprint density at radius 1 is 1.38 bits per heavy atom. The van der Waals surface area contributed by atoms with E-state index in [2.05, 4.69) is 29.7 Å². The number of thiophene rings is 1. The second-order valence-corrected chi connectivity index (χ2v) is 6.62. The van der Waals surface area contributed by atoms with Crippen LogP contribution in [0.1, 0.15) is 29.5 Å². The maximum absolute atomic E-state index is 12.5. The standard InChI is InChI=1S/C15H24N2O2S.ClH/c1-3-12-4-5-13(20-12)10-17-14(18)15(11-19-2)6-8-16-9-7-15;/h4-5,16H,3,6-11H2,1-2H3,(H,17,18);1H. The molecule has 120 valence electrons. The summed E-state index contributed by atoms with van der Waals surface area (Å²) in [7, 11) is 1.67. The zero-order valence-electron chi connectivity index (χ0n) is 12.7. The quantitative estimate of drug-likeness (QED) is 0.841. The van der Waals surface area contributed by atoms with Crippen LogP contribution in [0, 0.1) is 5.41 Å². The Labute approximate surface area is 137 Å². The van der Waals surface area contributed by atoms with Crippen molar-refractivity contribution in [1.82, 2.24) is 10.6 Å². The summed E-state index contributed by atoms with van der Waals surface area (Å²) in [5.41, 5.74) is -0.356. The number of nitrogens with one attached hydrogen (secondary N) is 2. The molecule has 1 amide bonds. The number of rotatable bonds is 6. The molecule has 1 aliphatic heterocycles. The number of halogens is 1. The van der Waals surface area contributed by atoms with Crippen LogP contribution in [0.3, 0.4) is 0 Å². The monoisotopic (exact) mass is 332 g/mol. The van der Waals surface area contributed by atoms with Crippen LogP contribution in [0.25, 0.3) is 0 Å². The predicted octanol–water partition coefficient (Wildman–Crippen LogP) is 2.36. The van der Waals surface area contributed by atoms with Gasteiger partial charge in [-0.05, 0) is 44.5 Å². The summed E-state index contributed by atoms with van der Waals surface area (Å²) in [5, 5.41) is 6.40. The van der Waals surface area contributed by atoms with Gasteiger partial charge < -0.3 is 15.4 Å². The second kappa shape index (κ2) is 8.73. The summed E-state index contributed by atoms with van der Waals surface area (Å²) in [6.07, 6.45) is 2.74. The minimum absolute atomic E-state index is 0. The molecule has 2 N–H and O–H groups in total. The van der Waals surface area contributed by atoms with Crippen molar-refractivity contribution in [1.29, 1.82) is 0 Å². The molecule has 2 rings (SSSR count). The summed E-state index contributed by atoms with van der Waals surface area (Å²) in [5.74, 6) is 0.132. The predicted molar refractivity (Wildman–Crippen MR) is 89.2 cm³/mol. The first-order valence-corrected chi connectivity index (χ1v) is 8.07. The van der Waals surface area contributed by atoms with E-state index < -0.39 is 0 Å². The molecular formula is C15H25ClN2O2S. The lowest BCUT2D eigenvalue weighted by Gasteiger charge is -2.35. The van der Waals surface area contributed by atoms with Crippen molar-refractivity contribution in [2.75, 3.05) is 26.8 Å². The summed E-state index contributed by atoms with van der Waals surface area (Å²) in [4.78, 5) is 15.1. The van der Waals surface area contributed by atoms with E-state index in [9.17, 15) is 4.79 Å². The van der Waals surface area contributed by atoms with Crippen molar-refractivity contribution >= 4 is 29.7 Å². The molecule has 0 aromatic carbocycles. The summed E-state index contributed by atoms with van der Waals surface area (Å²) < 4.78 is 5.29. The normalized spacial score (nSPS) is 17.0. The number of methoxy groups -OCH3 is 1. The van der Waals surface area contributed by atoms with Crippen molar-refractivity contribution in [3.63, 3.8) is 0 Å². The van der Waals surface area contributed by atoms with E-state index in [-0.39, 0.29) is 23.7 Å². The first-order valence-electron chi connectivity index (χ1n) is 7.26. The second-order valence-electron chi connectivity index (χ2n) is 5.37. The molecule has 1 aliphatic rings. The number of hydrogen-bond donors (Lipinski definition) is 2. The number of carbonyl (C=O) groups excluding carboxylic acids is 1. The van der Waals surface area contributed by atoms with Crippen LogP contribution in [-0.4, -0.2) is 32.7 Å². The summed E-state index contributed by atoms with van der Waals surface area (Å²) in [6.45, 7) is 5.05. The lowest BCUT2D eigenvalue weighted by atomic mass is 9.78. The van der Waals surface area contributed by atoms with Crippen LogP contribution in [0.4, 0.5) is 0 Å². The molecule has 0 aliphatic carbocycles. The van der Waals surface area contributed by atoms with Gasteiger partial charge in [-0.25, -0.2) is 0 Å². The van der Waals surface area contributed by atoms with Gasteiger partial charge in [0, 0.05) is 16.9 Å². The number of aryl methyl sites for hydroxylation is 1. The number of ether oxygens (including phenoxy) is 1. The largest absolute Gasteiger partial charge is 0.384 e. The number of piperidine rings is 1. The summed E-state index contributed by atoms with van der Waals surface area (Å²) >= 11 is 1.78. The third-order valence-electron chi connectivity index (χ3n) is 3.95. The molecule has 0 bridgehead atoms. The minimum atomic E-state index is -0.356. The van der Waals surface area contributed by atoms with Gasteiger partial charge in [0.05, 0.1) is 18.6 Å². The molecule has 21 heavy (non-hydrogen) atoms. The molecule has 1 aromatic rings. The maximum atomic E-state index is 12.5. The lowest BCUT2D eigenvalue weighted by molar-refractivity contribution is -0.136. The van der Waals surface area contributed by atoms with Crippen LogP contribution >= 0.6 is 23.7 Å². The van der Waals surface area contributed by atoms with Crippen LogP contribution in [-0.2, 0) is 22.5 Å².